The number of hydrogen-bond acceptors (Lipinski definition) is 7. The van der Waals surface area contributed by atoms with Gasteiger partial charge in [0.25, 0.3) is 0 Å². The van der Waals surface area contributed by atoms with Crippen LogP contribution in [0, 0.1) is 0 Å². The van der Waals surface area contributed by atoms with Crippen molar-refractivity contribution in [2.75, 3.05) is 0 Å². The van der Waals surface area contributed by atoms with Gasteiger partial charge in [0.05, 0.1) is 16.2 Å². The van der Waals surface area contributed by atoms with Crippen LogP contribution in [0.4, 0.5) is 0 Å². The molecule has 1 aliphatic heterocycles. The highest BCUT2D eigenvalue weighted by molar-refractivity contribution is 7.12. The van der Waals surface area contributed by atoms with Gasteiger partial charge < -0.3 is 9.57 Å². The van der Waals surface area contributed by atoms with Crippen LogP contribution in [0.3, 0.4) is 0 Å². The summed E-state index contributed by atoms with van der Waals surface area (Å²) in [6.45, 7) is 2.07. The highest BCUT2D eigenvalue weighted by Gasteiger charge is 2.34. The zero-order chi connectivity index (χ0) is 24.8. The summed E-state index contributed by atoms with van der Waals surface area (Å²) in [6, 6.07) is 26.9. The number of thiophene rings is 1. The highest BCUT2D eigenvalue weighted by atomic mass is 32.1. The lowest BCUT2D eigenvalue weighted by molar-refractivity contribution is 0.125. The van der Waals surface area contributed by atoms with E-state index in [0.717, 1.165) is 43.8 Å². The Kier molecular flexibility index (Phi) is 5.18. The van der Waals surface area contributed by atoms with Crippen LogP contribution in [0.25, 0.3) is 16.4 Å². The minimum absolute atomic E-state index is 0.126. The Hall–Kier alpha value is -4.56. The summed E-state index contributed by atoms with van der Waals surface area (Å²) in [5.74, 6) is 1.74. The van der Waals surface area contributed by atoms with E-state index >= 15 is 0 Å². The molecule has 7 nitrogen and oxygen atoms in total. The fourth-order valence-electron chi connectivity index (χ4n) is 4.90. The number of fused-ring (bicyclic) bond motifs is 6. The van der Waals surface area contributed by atoms with Crippen molar-refractivity contribution in [1.29, 1.82) is 0 Å². The largest absolute Gasteiger partial charge is 0.438 e. The Morgan fingerprint density at radius 3 is 2.73 bits per heavy atom. The first-order valence-electron chi connectivity index (χ1n) is 12.0. The zero-order valence-corrected chi connectivity index (χ0v) is 20.7. The standard InChI is InChI=1S/C29H21N5O2S/c1-18(23-12-7-15-37-23)33-35-16-24-31-28-27-25(20-9-3-2-4-10-20)26-21-11-6-5-8-19(21)13-14-22(26)36-29(27)30-17-34(28)32-24/h2-15,17,25H,16H2,1H3. The Bertz CT molecular complexity index is 1780. The molecule has 0 saturated heterocycles. The van der Waals surface area contributed by atoms with Crippen molar-refractivity contribution in [3.8, 4) is 11.6 Å². The molecular formula is C29H21N5O2S. The van der Waals surface area contributed by atoms with Crippen LogP contribution in [0.1, 0.15) is 40.2 Å². The lowest BCUT2D eigenvalue weighted by Crippen LogP contribution is -2.15. The van der Waals surface area contributed by atoms with Crippen LogP contribution in [0.5, 0.6) is 11.6 Å². The molecule has 3 aromatic heterocycles. The van der Waals surface area contributed by atoms with E-state index in [0.29, 0.717) is 17.4 Å². The van der Waals surface area contributed by atoms with Crippen LogP contribution >= 0.6 is 11.3 Å². The van der Waals surface area contributed by atoms with E-state index in [1.807, 2.05) is 36.6 Å². The van der Waals surface area contributed by atoms with Crippen molar-refractivity contribution < 1.29 is 9.57 Å². The van der Waals surface area contributed by atoms with Gasteiger partial charge in [0, 0.05) is 11.5 Å². The number of oxime groups is 1. The summed E-state index contributed by atoms with van der Waals surface area (Å²) in [5, 5.41) is 13.2. The molecule has 180 valence electrons. The maximum Gasteiger partial charge on any atom is 0.228 e. The lowest BCUT2D eigenvalue weighted by atomic mass is 9.81. The average Bonchev–Trinajstić information content (AvgIpc) is 3.63. The van der Waals surface area contributed by atoms with Crippen LogP contribution in [-0.4, -0.2) is 25.3 Å². The summed E-state index contributed by atoms with van der Waals surface area (Å²) in [6.07, 6.45) is 1.64. The number of rotatable bonds is 5. The summed E-state index contributed by atoms with van der Waals surface area (Å²) >= 11 is 1.62. The Balaban J connectivity index is 1.35. The lowest BCUT2D eigenvalue weighted by Gasteiger charge is -2.29. The molecule has 1 aliphatic rings. The molecule has 0 N–H and O–H groups in total. The molecule has 0 radical (unpaired) electrons. The summed E-state index contributed by atoms with van der Waals surface area (Å²) in [4.78, 5) is 16.2. The van der Waals surface area contributed by atoms with E-state index in [1.54, 1.807) is 22.2 Å². The first-order valence-corrected chi connectivity index (χ1v) is 12.8. The summed E-state index contributed by atoms with van der Waals surface area (Å²) < 4.78 is 8.06. The van der Waals surface area contributed by atoms with Crippen molar-refractivity contribution in [3.05, 3.63) is 118 Å². The Morgan fingerprint density at radius 2 is 1.86 bits per heavy atom. The summed E-state index contributed by atoms with van der Waals surface area (Å²) in [7, 11) is 0. The first-order chi connectivity index (χ1) is 18.3. The molecule has 0 amide bonds. The van der Waals surface area contributed by atoms with Gasteiger partial charge in [0.2, 0.25) is 5.88 Å². The fraction of sp³-hybridized carbons (Fsp3) is 0.103. The van der Waals surface area contributed by atoms with Gasteiger partial charge in [-0.25, -0.2) is 14.5 Å². The van der Waals surface area contributed by atoms with E-state index in [4.69, 9.17) is 14.6 Å². The smallest absolute Gasteiger partial charge is 0.228 e. The van der Waals surface area contributed by atoms with Crippen molar-refractivity contribution >= 4 is 33.5 Å². The number of nitrogens with zero attached hydrogens (tertiary/aromatic N) is 5. The highest BCUT2D eigenvalue weighted by Crippen LogP contribution is 2.50. The molecule has 0 spiro atoms. The SMILES string of the molecule is CC(=NOCc1nc2c3c(ncn2n1)Oc1ccc2ccccc2c1C3c1ccccc1)c1cccs1. The van der Waals surface area contributed by atoms with Crippen LogP contribution < -0.4 is 4.74 Å². The Labute approximate surface area is 216 Å². The van der Waals surface area contributed by atoms with Crippen molar-refractivity contribution in [3.63, 3.8) is 0 Å². The van der Waals surface area contributed by atoms with Gasteiger partial charge in [0.15, 0.2) is 18.1 Å². The molecule has 1 unspecified atom stereocenters. The molecule has 8 heteroatoms. The topological polar surface area (TPSA) is 73.9 Å². The minimum Gasteiger partial charge on any atom is -0.438 e. The molecule has 3 aromatic carbocycles. The third kappa shape index (κ3) is 3.73. The van der Waals surface area contributed by atoms with E-state index in [9.17, 15) is 0 Å². The van der Waals surface area contributed by atoms with E-state index in [1.165, 1.54) is 0 Å². The van der Waals surface area contributed by atoms with E-state index in [2.05, 4.69) is 69.8 Å². The van der Waals surface area contributed by atoms with Gasteiger partial charge in [-0.05, 0) is 40.8 Å². The molecule has 1 atom stereocenters. The van der Waals surface area contributed by atoms with Gasteiger partial charge >= 0.3 is 0 Å². The number of ether oxygens (including phenoxy) is 1. The molecular weight excluding hydrogens is 482 g/mol. The second-order valence-electron chi connectivity index (χ2n) is 8.83. The van der Waals surface area contributed by atoms with Gasteiger partial charge in [0.1, 0.15) is 12.1 Å². The van der Waals surface area contributed by atoms with Crippen molar-refractivity contribution in [1.82, 2.24) is 19.6 Å². The van der Waals surface area contributed by atoms with Crippen LogP contribution in [-0.2, 0) is 11.4 Å². The number of aromatic nitrogens is 4. The predicted molar refractivity (Wildman–Crippen MR) is 144 cm³/mol. The quantitative estimate of drug-likeness (QED) is 0.196. The maximum absolute atomic E-state index is 6.36. The molecule has 4 heterocycles. The Morgan fingerprint density at radius 1 is 1.00 bits per heavy atom. The monoisotopic (exact) mass is 503 g/mol. The average molecular weight is 504 g/mol. The van der Waals surface area contributed by atoms with E-state index in [-0.39, 0.29) is 12.5 Å². The van der Waals surface area contributed by atoms with E-state index < -0.39 is 0 Å². The second-order valence-corrected chi connectivity index (χ2v) is 9.78. The normalized spacial score (nSPS) is 14.8. The second kappa shape index (κ2) is 8.83. The maximum atomic E-state index is 6.36. The van der Waals surface area contributed by atoms with Crippen molar-refractivity contribution in [2.24, 2.45) is 5.16 Å². The van der Waals surface area contributed by atoms with Gasteiger partial charge in [-0.3, -0.25) is 0 Å². The third-order valence-corrected chi connectivity index (χ3v) is 7.53. The molecule has 0 aliphatic carbocycles. The summed E-state index contributed by atoms with van der Waals surface area (Å²) in [5.41, 5.74) is 4.63. The molecule has 6 aromatic rings. The van der Waals surface area contributed by atoms with Crippen LogP contribution in [0.15, 0.2) is 95.7 Å². The van der Waals surface area contributed by atoms with Crippen LogP contribution in [0.2, 0.25) is 0 Å². The molecule has 0 bridgehead atoms. The fourth-order valence-corrected chi connectivity index (χ4v) is 5.57. The molecule has 37 heavy (non-hydrogen) atoms. The van der Waals surface area contributed by atoms with Gasteiger partial charge in [-0.2, -0.15) is 0 Å². The molecule has 0 saturated carbocycles. The third-order valence-electron chi connectivity index (χ3n) is 6.55. The molecule has 7 rings (SSSR count). The zero-order valence-electron chi connectivity index (χ0n) is 19.9. The molecule has 0 fully saturated rings. The number of benzene rings is 3. The van der Waals surface area contributed by atoms with Gasteiger partial charge in [-0.15, -0.1) is 16.4 Å². The van der Waals surface area contributed by atoms with Crippen molar-refractivity contribution in [2.45, 2.75) is 19.4 Å². The minimum atomic E-state index is -0.126. The predicted octanol–water partition coefficient (Wildman–Crippen LogP) is 6.57. The van der Waals surface area contributed by atoms with Gasteiger partial charge in [-0.1, -0.05) is 71.9 Å². The number of hydrogen-bond donors (Lipinski definition) is 0. The first kappa shape index (κ1) is 21.7.